The minimum absolute atomic E-state index is 0.498. The summed E-state index contributed by atoms with van der Waals surface area (Å²) in [6.45, 7) is 4.75. The van der Waals surface area contributed by atoms with Crippen LogP contribution in [-0.4, -0.2) is 9.78 Å². The van der Waals surface area contributed by atoms with Gasteiger partial charge in [0.25, 0.3) is 0 Å². The van der Waals surface area contributed by atoms with E-state index in [1.54, 1.807) is 12.1 Å². The maximum absolute atomic E-state index is 6.31. The highest BCUT2D eigenvalue weighted by Gasteiger charge is 2.19. The molecule has 0 aliphatic heterocycles. The first-order valence-corrected chi connectivity index (χ1v) is 10.9. The quantitative estimate of drug-likeness (QED) is 0.289. The fourth-order valence-corrected chi connectivity index (χ4v) is 4.06. The minimum Gasteiger partial charge on any atom is -0.260 e. The lowest BCUT2D eigenvalue weighted by Gasteiger charge is -2.10. The van der Waals surface area contributed by atoms with Gasteiger partial charge in [0.05, 0.1) is 38.0 Å². The molecule has 0 amide bonds. The zero-order valence-electron chi connectivity index (χ0n) is 16.4. The van der Waals surface area contributed by atoms with E-state index in [2.05, 4.69) is 31.2 Å². The lowest BCUT2D eigenvalue weighted by Crippen LogP contribution is -2.04. The first kappa shape index (κ1) is 21.3. The second-order valence-corrected chi connectivity index (χ2v) is 8.85. The molecule has 3 aromatic carbocycles. The number of rotatable bonds is 4. The molecule has 0 saturated carbocycles. The Kier molecular flexibility index (Phi) is 6.13. The van der Waals surface area contributed by atoms with Crippen molar-refractivity contribution in [1.29, 1.82) is 0 Å². The Morgan fingerprint density at radius 2 is 1.27 bits per heavy atom. The van der Waals surface area contributed by atoms with Gasteiger partial charge >= 0.3 is 0 Å². The second-order valence-electron chi connectivity index (χ2n) is 7.22. The molecule has 1 aromatic heterocycles. The Bertz CT molecular complexity index is 1230. The van der Waals surface area contributed by atoms with Crippen LogP contribution in [0.25, 0.3) is 22.5 Å². The summed E-state index contributed by atoms with van der Waals surface area (Å²) >= 11 is 24.8. The molecule has 0 unspecified atom stereocenters. The van der Waals surface area contributed by atoms with E-state index in [4.69, 9.17) is 51.5 Å². The third-order valence-electron chi connectivity index (χ3n) is 5.03. The van der Waals surface area contributed by atoms with Crippen LogP contribution < -0.4 is 0 Å². The van der Waals surface area contributed by atoms with E-state index in [9.17, 15) is 0 Å². The maximum Gasteiger partial charge on any atom is 0.0959 e. The number of hydrogen-bond acceptors (Lipinski definition) is 1. The molecule has 0 N–H and O–H groups in total. The number of halogens is 4. The molecule has 2 nitrogen and oxygen atoms in total. The van der Waals surface area contributed by atoms with E-state index < -0.39 is 0 Å². The lowest BCUT2D eigenvalue weighted by atomic mass is 10.0. The van der Waals surface area contributed by atoms with Crippen LogP contribution in [0.3, 0.4) is 0 Å². The summed E-state index contributed by atoms with van der Waals surface area (Å²) in [5, 5.41) is 6.98. The highest BCUT2D eigenvalue weighted by atomic mass is 35.5. The van der Waals surface area contributed by atoms with Crippen molar-refractivity contribution in [2.45, 2.75) is 20.4 Å². The van der Waals surface area contributed by atoms with Gasteiger partial charge in [0.2, 0.25) is 0 Å². The minimum atomic E-state index is 0.498. The first-order valence-electron chi connectivity index (χ1n) is 9.37. The molecule has 0 radical (unpaired) electrons. The number of aryl methyl sites for hydroxylation is 1. The van der Waals surface area contributed by atoms with Crippen LogP contribution in [0.2, 0.25) is 20.1 Å². The first-order chi connectivity index (χ1) is 14.3. The van der Waals surface area contributed by atoms with Gasteiger partial charge in [-0.2, -0.15) is 5.10 Å². The van der Waals surface area contributed by atoms with Gasteiger partial charge in [-0.25, -0.2) is 0 Å². The molecule has 0 aliphatic rings. The number of nitrogens with zero attached hydrogens (tertiary/aromatic N) is 2. The molecule has 6 heteroatoms. The molecule has 4 rings (SSSR count). The largest absolute Gasteiger partial charge is 0.260 e. The molecule has 4 aromatic rings. The SMILES string of the molecule is Cc1ccc(Cn2nc(-c3ccc(Cl)c(Cl)c3)c(C)c2-c2ccc(Cl)c(Cl)c2)cc1. The summed E-state index contributed by atoms with van der Waals surface area (Å²) in [6, 6.07) is 19.6. The van der Waals surface area contributed by atoms with E-state index in [0.717, 1.165) is 33.6 Å². The van der Waals surface area contributed by atoms with Gasteiger partial charge in [-0.1, -0.05) is 88.4 Å². The van der Waals surface area contributed by atoms with Crippen molar-refractivity contribution in [1.82, 2.24) is 9.78 Å². The molecule has 152 valence electrons. The summed E-state index contributed by atoms with van der Waals surface area (Å²) in [5.41, 5.74) is 7.09. The zero-order chi connectivity index (χ0) is 21.4. The van der Waals surface area contributed by atoms with E-state index in [0.29, 0.717) is 26.6 Å². The number of aromatic nitrogens is 2. The fraction of sp³-hybridized carbons (Fsp3) is 0.125. The summed E-state index contributed by atoms with van der Waals surface area (Å²) in [7, 11) is 0. The fourth-order valence-electron chi connectivity index (χ4n) is 3.46. The van der Waals surface area contributed by atoms with Crippen LogP contribution in [0.1, 0.15) is 16.7 Å². The van der Waals surface area contributed by atoms with E-state index in [1.807, 2.05) is 35.9 Å². The number of hydrogen-bond donors (Lipinski definition) is 0. The van der Waals surface area contributed by atoms with Crippen molar-refractivity contribution in [2.24, 2.45) is 0 Å². The van der Waals surface area contributed by atoms with Crippen molar-refractivity contribution in [2.75, 3.05) is 0 Å². The highest BCUT2D eigenvalue weighted by Crippen LogP contribution is 2.36. The van der Waals surface area contributed by atoms with Crippen LogP contribution in [0.4, 0.5) is 0 Å². The van der Waals surface area contributed by atoms with Crippen LogP contribution >= 0.6 is 46.4 Å². The molecule has 0 spiro atoms. The third-order valence-corrected chi connectivity index (χ3v) is 6.51. The predicted molar refractivity (Wildman–Crippen MR) is 128 cm³/mol. The molecular formula is C24H18Cl4N2. The Morgan fingerprint density at radius 1 is 0.700 bits per heavy atom. The van der Waals surface area contributed by atoms with E-state index >= 15 is 0 Å². The molecule has 0 aliphatic carbocycles. The lowest BCUT2D eigenvalue weighted by molar-refractivity contribution is 0.696. The second kappa shape index (κ2) is 8.64. The predicted octanol–water partition coefficient (Wildman–Crippen LogP) is 8.50. The van der Waals surface area contributed by atoms with Gasteiger partial charge < -0.3 is 0 Å². The molecule has 0 fully saturated rings. The van der Waals surface area contributed by atoms with Crippen molar-refractivity contribution in [3.05, 3.63) is 97.4 Å². The normalized spacial score (nSPS) is 11.1. The molecular weight excluding hydrogens is 458 g/mol. The Hall–Kier alpha value is -1.97. The smallest absolute Gasteiger partial charge is 0.0959 e. The van der Waals surface area contributed by atoms with Crippen LogP contribution in [0.5, 0.6) is 0 Å². The van der Waals surface area contributed by atoms with Gasteiger partial charge in [0.1, 0.15) is 0 Å². The standard InChI is InChI=1S/C24H18Cl4N2/c1-14-3-5-16(6-4-14)13-30-24(18-8-10-20(26)22(28)12-18)15(2)23(29-30)17-7-9-19(25)21(27)11-17/h3-12H,13H2,1-2H3. The van der Waals surface area contributed by atoms with E-state index in [-0.39, 0.29) is 0 Å². The molecule has 1 heterocycles. The van der Waals surface area contributed by atoms with Gasteiger partial charge in [-0.3, -0.25) is 4.68 Å². The number of benzene rings is 3. The van der Waals surface area contributed by atoms with Crippen molar-refractivity contribution in [3.8, 4) is 22.5 Å². The van der Waals surface area contributed by atoms with Crippen LogP contribution in [-0.2, 0) is 6.54 Å². The molecule has 0 atom stereocenters. The van der Waals surface area contributed by atoms with Crippen molar-refractivity contribution < 1.29 is 0 Å². The van der Waals surface area contributed by atoms with Crippen LogP contribution in [0, 0.1) is 13.8 Å². The Morgan fingerprint density at radius 3 is 1.87 bits per heavy atom. The molecule has 0 bridgehead atoms. The average molecular weight is 476 g/mol. The van der Waals surface area contributed by atoms with Gasteiger partial charge in [-0.15, -0.1) is 0 Å². The maximum atomic E-state index is 6.31. The summed E-state index contributed by atoms with van der Waals surface area (Å²) in [6.07, 6.45) is 0. The van der Waals surface area contributed by atoms with Gasteiger partial charge in [-0.05, 0) is 43.7 Å². The topological polar surface area (TPSA) is 17.8 Å². The Balaban J connectivity index is 1.88. The Labute approximate surface area is 196 Å². The average Bonchev–Trinajstić information content (AvgIpc) is 3.04. The van der Waals surface area contributed by atoms with Crippen molar-refractivity contribution in [3.63, 3.8) is 0 Å². The summed E-state index contributed by atoms with van der Waals surface area (Å²) in [4.78, 5) is 0. The third kappa shape index (κ3) is 4.24. The summed E-state index contributed by atoms with van der Waals surface area (Å²) in [5.74, 6) is 0. The van der Waals surface area contributed by atoms with Crippen molar-refractivity contribution >= 4 is 46.4 Å². The van der Waals surface area contributed by atoms with Gasteiger partial charge in [0.15, 0.2) is 0 Å². The van der Waals surface area contributed by atoms with Gasteiger partial charge in [0, 0.05) is 16.7 Å². The highest BCUT2D eigenvalue weighted by molar-refractivity contribution is 6.42. The zero-order valence-corrected chi connectivity index (χ0v) is 19.4. The van der Waals surface area contributed by atoms with Crippen LogP contribution in [0.15, 0.2) is 60.7 Å². The van der Waals surface area contributed by atoms with E-state index in [1.165, 1.54) is 5.56 Å². The monoisotopic (exact) mass is 474 g/mol. The summed E-state index contributed by atoms with van der Waals surface area (Å²) < 4.78 is 2.00. The molecule has 30 heavy (non-hydrogen) atoms. The molecule has 0 saturated heterocycles.